The van der Waals surface area contributed by atoms with E-state index in [1.54, 1.807) is 0 Å². The zero-order valence-corrected chi connectivity index (χ0v) is 6.44. The summed E-state index contributed by atoms with van der Waals surface area (Å²) in [6.07, 6.45) is -2.70. The Labute approximate surface area is 68.3 Å². The molecule has 0 radical (unpaired) electrons. The van der Waals surface area contributed by atoms with Crippen molar-refractivity contribution in [1.82, 2.24) is 0 Å². The van der Waals surface area contributed by atoms with E-state index < -0.39 is 36.2 Å². The van der Waals surface area contributed by atoms with E-state index in [0.29, 0.717) is 0 Å². The number of hydrogen-bond donors (Lipinski definition) is 1. The molecule has 1 N–H and O–H groups in total. The Hall–Kier alpha value is -1.23. The second-order valence-electron chi connectivity index (χ2n) is 2.63. The molecule has 0 saturated carbocycles. The smallest absolute Gasteiger partial charge is 0.375 e. The zero-order chi connectivity index (χ0) is 9.30. The normalized spacial score (nSPS) is 26.8. The van der Waals surface area contributed by atoms with E-state index in [0.717, 1.165) is 0 Å². The van der Waals surface area contributed by atoms with Gasteiger partial charge in [-0.1, -0.05) is 0 Å². The summed E-state index contributed by atoms with van der Waals surface area (Å²) in [5, 5.41) is 8.94. The molecule has 1 saturated heterocycles. The van der Waals surface area contributed by atoms with E-state index in [-0.39, 0.29) is 0 Å². The van der Waals surface area contributed by atoms with Gasteiger partial charge in [0, 0.05) is 0 Å². The maximum Gasteiger partial charge on any atom is 0.375 e. The van der Waals surface area contributed by atoms with Crippen LogP contribution in [-0.2, 0) is 19.1 Å². The van der Waals surface area contributed by atoms with E-state index in [4.69, 9.17) is 5.11 Å². The van der Waals surface area contributed by atoms with Crippen molar-refractivity contribution in [2.45, 2.75) is 25.6 Å². The van der Waals surface area contributed by atoms with E-state index in [1.807, 2.05) is 0 Å². The first-order chi connectivity index (χ1) is 5.52. The minimum absolute atomic E-state index is 0.464. The van der Waals surface area contributed by atoms with Crippen LogP contribution in [0.4, 0.5) is 0 Å². The van der Waals surface area contributed by atoms with Gasteiger partial charge in [0.1, 0.15) is 0 Å². The van der Waals surface area contributed by atoms with Crippen molar-refractivity contribution in [3.63, 3.8) is 0 Å². The third kappa shape index (κ3) is 1.50. The molecule has 66 valence electrons. The topological polar surface area (TPSA) is 80.7 Å². The molecule has 0 aliphatic carbocycles. The lowest BCUT2D eigenvalue weighted by Crippen LogP contribution is -2.44. The molecule has 0 amide bonds. The Morgan fingerprint density at radius 3 is 2.58 bits per heavy atom. The van der Waals surface area contributed by atoms with E-state index in [9.17, 15) is 14.4 Å². The highest BCUT2D eigenvalue weighted by atomic mass is 16.6. The summed E-state index contributed by atoms with van der Waals surface area (Å²) in [4.78, 5) is 32.1. The second kappa shape index (κ2) is 3.02. The van der Waals surface area contributed by atoms with Crippen molar-refractivity contribution in [2.24, 2.45) is 0 Å². The largest absolute Gasteiger partial charge is 0.446 e. The van der Waals surface area contributed by atoms with Crippen LogP contribution >= 0.6 is 0 Å². The van der Waals surface area contributed by atoms with Gasteiger partial charge in [-0.15, -0.1) is 0 Å². The quantitative estimate of drug-likeness (QED) is 0.306. The average molecular weight is 172 g/mol. The second-order valence-corrected chi connectivity index (χ2v) is 2.63. The maximum atomic E-state index is 10.9. The number of rotatable bonds is 1. The Balaban J connectivity index is 2.75. The van der Waals surface area contributed by atoms with Crippen LogP contribution in [0.2, 0.25) is 0 Å². The molecule has 2 atom stereocenters. The number of aliphatic hydroxyl groups excluding tert-OH is 1. The summed E-state index contributed by atoms with van der Waals surface area (Å²) in [6.45, 7) is 1.33. The minimum atomic E-state index is -1.17. The van der Waals surface area contributed by atoms with Gasteiger partial charge in [0.05, 0.1) is 12.5 Å². The molecule has 1 aliphatic rings. The Kier molecular flexibility index (Phi) is 2.23. The predicted octanol–water partition coefficient (Wildman–Crippen LogP) is -1.18. The van der Waals surface area contributed by atoms with Crippen molar-refractivity contribution in [2.75, 3.05) is 0 Å². The van der Waals surface area contributed by atoms with Crippen LogP contribution in [0.15, 0.2) is 0 Å². The highest BCUT2D eigenvalue weighted by Gasteiger charge is 2.37. The molecule has 0 aromatic carbocycles. The lowest BCUT2D eigenvalue weighted by atomic mass is 10.0. The molecule has 1 heterocycles. The Bertz CT molecular complexity index is 242. The van der Waals surface area contributed by atoms with Gasteiger partial charge in [0.15, 0.2) is 11.9 Å². The fourth-order valence-electron chi connectivity index (χ4n) is 0.945. The van der Waals surface area contributed by atoms with Crippen molar-refractivity contribution in [3.05, 3.63) is 0 Å². The summed E-state index contributed by atoms with van der Waals surface area (Å²) < 4.78 is 4.38. The number of carbonyl (C=O) groups excluding carboxylic acids is 3. The number of esters is 1. The van der Waals surface area contributed by atoms with Gasteiger partial charge in [-0.2, -0.15) is 0 Å². The van der Waals surface area contributed by atoms with Crippen LogP contribution in [0.25, 0.3) is 0 Å². The van der Waals surface area contributed by atoms with E-state index in [2.05, 4.69) is 4.74 Å². The molecule has 12 heavy (non-hydrogen) atoms. The lowest BCUT2D eigenvalue weighted by molar-refractivity contribution is -0.172. The maximum absolute atomic E-state index is 10.9. The lowest BCUT2D eigenvalue weighted by Gasteiger charge is -2.21. The molecule has 0 spiro atoms. The van der Waals surface area contributed by atoms with Gasteiger partial charge in [0.2, 0.25) is 5.78 Å². The first kappa shape index (κ1) is 8.86. The third-order valence-electron chi connectivity index (χ3n) is 1.55. The van der Waals surface area contributed by atoms with E-state index >= 15 is 0 Å². The first-order valence-electron chi connectivity index (χ1n) is 3.47. The number of aliphatic hydroxyl groups is 1. The van der Waals surface area contributed by atoms with Crippen LogP contribution in [0, 0.1) is 0 Å². The number of cyclic esters (lactones) is 1. The van der Waals surface area contributed by atoms with Gasteiger partial charge in [-0.3, -0.25) is 9.59 Å². The molecule has 5 heteroatoms. The van der Waals surface area contributed by atoms with Gasteiger partial charge < -0.3 is 9.84 Å². The highest BCUT2D eigenvalue weighted by Crippen LogP contribution is 2.11. The standard InChI is InChI=1S/C7H8O5/c1-3(8)6-4(9)2-5(10)7(11)12-6/h3,6,8H,2H2,1H3/t3-,6+/m0/s1. The van der Waals surface area contributed by atoms with Gasteiger partial charge >= 0.3 is 5.97 Å². The number of Topliss-reactive ketones (excluding diaryl/α,β-unsaturated/α-hetero) is 2. The SMILES string of the molecule is C[C@H](O)[C@H]1OC(=O)C(=O)CC1=O. The van der Waals surface area contributed by atoms with Crippen LogP contribution < -0.4 is 0 Å². The molecular formula is C7H8O5. The zero-order valence-electron chi connectivity index (χ0n) is 6.44. The molecule has 5 nitrogen and oxygen atoms in total. The molecule has 0 unspecified atom stereocenters. The average Bonchev–Trinajstić information content (AvgIpc) is 1.96. The molecule has 1 aliphatic heterocycles. The Morgan fingerprint density at radius 2 is 2.08 bits per heavy atom. The Morgan fingerprint density at radius 1 is 1.50 bits per heavy atom. The molecule has 0 bridgehead atoms. The van der Waals surface area contributed by atoms with Crippen molar-refractivity contribution < 1.29 is 24.2 Å². The molecule has 0 aromatic heterocycles. The van der Waals surface area contributed by atoms with Gasteiger partial charge in [0.25, 0.3) is 0 Å². The van der Waals surface area contributed by atoms with Gasteiger partial charge in [-0.05, 0) is 6.92 Å². The predicted molar refractivity (Wildman–Crippen MR) is 36.2 cm³/mol. The minimum Gasteiger partial charge on any atom is -0.446 e. The summed E-state index contributed by atoms with van der Waals surface area (Å²) >= 11 is 0. The third-order valence-corrected chi connectivity index (χ3v) is 1.55. The number of carbonyl (C=O) groups is 3. The van der Waals surface area contributed by atoms with Crippen LogP contribution in [0.1, 0.15) is 13.3 Å². The monoisotopic (exact) mass is 172 g/mol. The van der Waals surface area contributed by atoms with Crippen molar-refractivity contribution >= 4 is 17.5 Å². The highest BCUT2D eigenvalue weighted by molar-refractivity contribution is 6.39. The number of ketones is 2. The summed E-state index contributed by atoms with van der Waals surface area (Å²) in [6, 6.07) is 0. The fourth-order valence-corrected chi connectivity index (χ4v) is 0.945. The summed E-state index contributed by atoms with van der Waals surface area (Å²) in [5.41, 5.74) is 0. The van der Waals surface area contributed by atoms with Crippen LogP contribution in [-0.4, -0.2) is 34.9 Å². The van der Waals surface area contributed by atoms with Crippen molar-refractivity contribution in [1.29, 1.82) is 0 Å². The number of ether oxygens (including phenoxy) is 1. The van der Waals surface area contributed by atoms with E-state index in [1.165, 1.54) is 6.92 Å². The van der Waals surface area contributed by atoms with Gasteiger partial charge in [-0.25, -0.2) is 4.79 Å². The summed E-state index contributed by atoms with van der Waals surface area (Å²) in [7, 11) is 0. The molecule has 1 fully saturated rings. The van der Waals surface area contributed by atoms with Crippen LogP contribution in [0.5, 0.6) is 0 Å². The number of hydrogen-bond acceptors (Lipinski definition) is 5. The molecular weight excluding hydrogens is 164 g/mol. The van der Waals surface area contributed by atoms with Crippen LogP contribution in [0.3, 0.4) is 0 Å². The molecule has 0 aromatic rings. The molecule has 1 rings (SSSR count). The first-order valence-corrected chi connectivity index (χ1v) is 3.47. The fraction of sp³-hybridized carbons (Fsp3) is 0.571. The van der Waals surface area contributed by atoms with Crippen molar-refractivity contribution in [3.8, 4) is 0 Å². The summed E-state index contributed by atoms with van der Waals surface area (Å²) in [5.74, 6) is -2.44.